The van der Waals surface area contributed by atoms with Crippen LogP contribution in [0.4, 0.5) is 0 Å². The van der Waals surface area contributed by atoms with Crippen molar-refractivity contribution in [1.29, 1.82) is 0 Å². The van der Waals surface area contributed by atoms with Gasteiger partial charge >= 0.3 is 0 Å². The fraction of sp³-hybridized carbons (Fsp3) is 0.350. The van der Waals surface area contributed by atoms with Gasteiger partial charge in [-0.25, -0.2) is 8.42 Å². The van der Waals surface area contributed by atoms with E-state index >= 15 is 0 Å². The molecule has 2 aromatic rings. The summed E-state index contributed by atoms with van der Waals surface area (Å²) < 4.78 is 25.4. The van der Waals surface area contributed by atoms with Crippen molar-refractivity contribution in [2.45, 2.75) is 29.5 Å². The van der Waals surface area contributed by atoms with Crippen molar-refractivity contribution in [3.63, 3.8) is 0 Å². The smallest absolute Gasteiger partial charge is 0.253 e. The van der Waals surface area contributed by atoms with E-state index in [1.807, 2.05) is 18.2 Å². The van der Waals surface area contributed by atoms with Gasteiger partial charge in [-0.05, 0) is 49.7 Å². The van der Waals surface area contributed by atoms with E-state index in [9.17, 15) is 13.2 Å². The molecule has 0 atom stereocenters. The lowest BCUT2D eigenvalue weighted by atomic mass is 10.0. The van der Waals surface area contributed by atoms with Gasteiger partial charge in [-0.3, -0.25) is 4.79 Å². The van der Waals surface area contributed by atoms with Crippen LogP contribution in [0.3, 0.4) is 0 Å². The molecule has 0 saturated carbocycles. The maximum Gasteiger partial charge on any atom is 0.253 e. The predicted octanol–water partition coefficient (Wildman–Crippen LogP) is 2.91. The van der Waals surface area contributed by atoms with Gasteiger partial charge in [0.1, 0.15) is 0 Å². The van der Waals surface area contributed by atoms with Gasteiger partial charge in [-0.15, -0.1) is 12.4 Å². The number of hydrogen-bond donors (Lipinski definition) is 1. The maximum atomic E-state index is 12.8. The number of carbonyl (C=O) groups excluding carboxylic acids is 1. The molecule has 1 aliphatic heterocycles. The molecule has 1 heterocycles. The number of hydrogen-bond acceptors (Lipinski definition) is 4. The number of halogens is 1. The van der Waals surface area contributed by atoms with Gasteiger partial charge in [0.05, 0.1) is 10.6 Å². The second-order valence-corrected chi connectivity index (χ2v) is 8.66. The molecule has 1 amide bonds. The molecule has 0 bridgehead atoms. The van der Waals surface area contributed by atoms with Crippen LogP contribution in [-0.2, 0) is 15.6 Å². The van der Waals surface area contributed by atoms with Crippen LogP contribution in [0.1, 0.15) is 28.8 Å². The van der Waals surface area contributed by atoms with Crippen molar-refractivity contribution in [3.8, 4) is 0 Å². The Morgan fingerprint density at radius 3 is 2.41 bits per heavy atom. The summed E-state index contributed by atoms with van der Waals surface area (Å²) in [6.07, 6.45) is 1.82. The highest BCUT2D eigenvalue weighted by molar-refractivity contribution is 7.90. The Kier molecular flexibility index (Phi) is 7.41. The molecule has 1 saturated heterocycles. The highest BCUT2D eigenvalue weighted by atomic mass is 35.5. The molecule has 3 rings (SSSR count). The summed E-state index contributed by atoms with van der Waals surface area (Å²) in [5, 5.41) is 3.28. The van der Waals surface area contributed by atoms with Crippen LogP contribution in [0.15, 0.2) is 59.5 Å². The molecule has 1 fully saturated rings. The van der Waals surface area contributed by atoms with Crippen molar-refractivity contribution >= 4 is 28.2 Å². The van der Waals surface area contributed by atoms with Crippen molar-refractivity contribution in [3.05, 3.63) is 65.7 Å². The Labute approximate surface area is 167 Å². The molecule has 0 aromatic heterocycles. The molecule has 1 N–H and O–H groups in total. The van der Waals surface area contributed by atoms with E-state index in [2.05, 4.69) is 5.32 Å². The molecule has 0 spiro atoms. The molecule has 146 valence electrons. The number of carbonyl (C=O) groups is 1. The average Bonchev–Trinajstić information content (AvgIpc) is 2.68. The minimum atomic E-state index is -3.50. The molecule has 2 aromatic carbocycles. The van der Waals surface area contributed by atoms with Crippen LogP contribution in [0.5, 0.6) is 0 Å². The lowest BCUT2D eigenvalue weighted by Gasteiger charge is -2.31. The second kappa shape index (κ2) is 9.35. The Hall–Kier alpha value is -1.89. The summed E-state index contributed by atoms with van der Waals surface area (Å²) in [5.41, 5.74) is 1.15. The van der Waals surface area contributed by atoms with Crippen LogP contribution in [-0.4, -0.2) is 45.4 Å². The van der Waals surface area contributed by atoms with Crippen LogP contribution < -0.4 is 5.32 Å². The quantitative estimate of drug-likeness (QED) is 0.826. The summed E-state index contributed by atoms with van der Waals surface area (Å²) >= 11 is 0. The first-order valence-corrected chi connectivity index (χ1v) is 10.5. The third-order valence-corrected chi connectivity index (χ3v) is 6.50. The summed E-state index contributed by atoms with van der Waals surface area (Å²) in [4.78, 5) is 14.7. The first-order valence-electron chi connectivity index (χ1n) is 8.82. The van der Waals surface area contributed by atoms with E-state index < -0.39 is 9.84 Å². The lowest BCUT2D eigenvalue weighted by molar-refractivity contribution is 0.0703. The first-order chi connectivity index (χ1) is 12.5. The van der Waals surface area contributed by atoms with E-state index in [-0.39, 0.29) is 35.0 Å². The molecule has 0 radical (unpaired) electrons. The van der Waals surface area contributed by atoms with Crippen LogP contribution in [0.2, 0.25) is 0 Å². The molecule has 0 aliphatic carbocycles. The van der Waals surface area contributed by atoms with Gasteiger partial charge in [-0.1, -0.05) is 36.4 Å². The molecule has 0 unspecified atom stereocenters. The van der Waals surface area contributed by atoms with E-state index in [1.165, 1.54) is 6.07 Å². The number of amides is 1. The van der Waals surface area contributed by atoms with Gasteiger partial charge in [0, 0.05) is 18.7 Å². The molecular weight excluding hydrogens is 384 g/mol. The van der Waals surface area contributed by atoms with Crippen LogP contribution >= 0.6 is 12.4 Å². The van der Waals surface area contributed by atoms with E-state index in [4.69, 9.17) is 0 Å². The van der Waals surface area contributed by atoms with Crippen molar-refractivity contribution < 1.29 is 13.2 Å². The molecule has 7 heteroatoms. The summed E-state index contributed by atoms with van der Waals surface area (Å²) in [6, 6.07) is 15.6. The zero-order valence-electron chi connectivity index (χ0n) is 15.3. The predicted molar refractivity (Wildman–Crippen MR) is 109 cm³/mol. The third kappa shape index (κ3) is 5.31. The number of nitrogens with zero attached hydrogens (tertiary/aromatic N) is 1. The molecule has 1 aliphatic rings. The maximum absolute atomic E-state index is 12.8. The van der Waals surface area contributed by atoms with Gasteiger partial charge in [-0.2, -0.15) is 0 Å². The van der Waals surface area contributed by atoms with Crippen LogP contribution in [0, 0.1) is 0 Å². The Balaban J connectivity index is 0.00000261. The molecule has 5 nitrogen and oxygen atoms in total. The topological polar surface area (TPSA) is 66.5 Å². The van der Waals surface area contributed by atoms with E-state index in [0.717, 1.165) is 31.5 Å². The Morgan fingerprint density at radius 2 is 1.74 bits per heavy atom. The van der Waals surface area contributed by atoms with Gasteiger partial charge in [0.25, 0.3) is 5.91 Å². The molecule has 27 heavy (non-hydrogen) atoms. The fourth-order valence-electron chi connectivity index (χ4n) is 3.26. The SMILES string of the molecule is CN(C(=O)c1cccc(S(=O)(=O)Cc2ccccc2)c1)C1CCNCC1.Cl. The third-order valence-electron chi connectivity index (χ3n) is 4.82. The van der Waals surface area contributed by atoms with Crippen molar-refractivity contribution in [2.75, 3.05) is 20.1 Å². The normalized spacial score (nSPS) is 15.0. The number of rotatable bonds is 5. The lowest BCUT2D eigenvalue weighted by Crippen LogP contribution is -2.44. The number of benzene rings is 2. The van der Waals surface area contributed by atoms with E-state index in [0.29, 0.717) is 5.56 Å². The zero-order valence-corrected chi connectivity index (χ0v) is 16.9. The number of nitrogens with one attached hydrogen (secondary N) is 1. The minimum Gasteiger partial charge on any atom is -0.339 e. The van der Waals surface area contributed by atoms with Crippen molar-refractivity contribution in [2.24, 2.45) is 0 Å². The number of piperidine rings is 1. The van der Waals surface area contributed by atoms with Crippen LogP contribution in [0.25, 0.3) is 0 Å². The Bertz CT molecular complexity index is 866. The van der Waals surface area contributed by atoms with Gasteiger partial charge < -0.3 is 10.2 Å². The highest BCUT2D eigenvalue weighted by Crippen LogP contribution is 2.20. The van der Waals surface area contributed by atoms with Crippen molar-refractivity contribution in [1.82, 2.24) is 10.2 Å². The summed E-state index contributed by atoms with van der Waals surface area (Å²) in [5.74, 6) is -0.205. The fourth-order valence-corrected chi connectivity index (χ4v) is 4.65. The average molecular weight is 409 g/mol. The monoisotopic (exact) mass is 408 g/mol. The largest absolute Gasteiger partial charge is 0.339 e. The van der Waals surface area contributed by atoms with Gasteiger partial charge in [0.15, 0.2) is 9.84 Å². The summed E-state index contributed by atoms with van der Waals surface area (Å²) in [6.45, 7) is 1.79. The van der Waals surface area contributed by atoms with E-state index in [1.54, 1.807) is 42.3 Å². The number of sulfone groups is 1. The standard InChI is InChI=1S/C20H24N2O3S.ClH/c1-22(18-10-12-21-13-11-18)20(23)17-8-5-9-19(14-17)26(24,25)15-16-6-3-2-4-7-16;/h2-9,14,18,21H,10-13,15H2,1H3;1H. The first kappa shape index (κ1) is 21.4. The molecular formula is C20H25ClN2O3S. The second-order valence-electron chi connectivity index (χ2n) is 6.67. The Morgan fingerprint density at radius 1 is 1.07 bits per heavy atom. The van der Waals surface area contributed by atoms with Gasteiger partial charge in [0.2, 0.25) is 0 Å². The minimum absolute atomic E-state index is 0. The highest BCUT2D eigenvalue weighted by Gasteiger charge is 2.24. The summed E-state index contributed by atoms with van der Waals surface area (Å²) in [7, 11) is -1.71. The zero-order chi connectivity index (χ0) is 18.6.